The zero-order valence-corrected chi connectivity index (χ0v) is 17.2. The second-order valence-corrected chi connectivity index (χ2v) is 7.74. The van der Waals surface area contributed by atoms with Crippen LogP contribution >= 0.6 is 0 Å². The van der Waals surface area contributed by atoms with Crippen molar-refractivity contribution < 1.29 is 4.79 Å². The summed E-state index contributed by atoms with van der Waals surface area (Å²) in [5, 5.41) is 0.556. The number of fused-ring (bicyclic) bond motifs is 1. The van der Waals surface area contributed by atoms with Gasteiger partial charge in [-0.3, -0.25) is 14.2 Å². The molecule has 1 aliphatic heterocycles. The molecule has 0 N–H and O–H groups in total. The van der Waals surface area contributed by atoms with Crippen LogP contribution in [0.1, 0.15) is 16.7 Å². The molecule has 1 aromatic heterocycles. The highest BCUT2D eigenvalue weighted by atomic mass is 16.2. The Morgan fingerprint density at radius 2 is 1.66 bits per heavy atom. The molecule has 1 amide bonds. The van der Waals surface area contributed by atoms with Gasteiger partial charge < -0.3 is 9.80 Å². The number of amides is 1. The van der Waals surface area contributed by atoms with E-state index in [-0.39, 0.29) is 18.0 Å². The van der Waals surface area contributed by atoms with Crippen LogP contribution in [0.4, 0.5) is 5.69 Å². The predicted octanol–water partition coefficient (Wildman–Crippen LogP) is 2.67. The maximum absolute atomic E-state index is 12.8. The summed E-state index contributed by atoms with van der Waals surface area (Å²) in [5.74, 6) is -0.0403. The Kier molecular flexibility index (Phi) is 5.09. The van der Waals surface area contributed by atoms with Crippen molar-refractivity contribution in [1.82, 2.24) is 14.5 Å². The SMILES string of the molecule is Cc1cccc(N2CCN(C(=O)Cn3cnc4c(C)cccc4c3=O)CC2)c1C. The van der Waals surface area contributed by atoms with E-state index in [4.69, 9.17) is 0 Å². The van der Waals surface area contributed by atoms with E-state index in [9.17, 15) is 9.59 Å². The smallest absolute Gasteiger partial charge is 0.261 e. The number of aryl methyl sites for hydroxylation is 2. The second-order valence-electron chi connectivity index (χ2n) is 7.74. The molecule has 0 saturated carbocycles. The maximum atomic E-state index is 12.8. The summed E-state index contributed by atoms with van der Waals surface area (Å²) in [6.45, 7) is 9.11. The fourth-order valence-electron chi connectivity index (χ4n) is 3.97. The van der Waals surface area contributed by atoms with Crippen molar-refractivity contribution in [2.75, 3.05) is 31.1 Å². The number of hydrogen-bond acceptors (Lipinski definition) is 4. The lowest BCUT2D eigenvalue weighted by Crippen LogP contribution is -2.50. The Balaban J connectivity index is 1.46. The Morgan fingerprint density at radius 3 is 2.41 bits per heavy atom. The van der Waals surface area contributed by atoms with E-state index >= 15 is 0 Å². The highest BCUT2D eigenvalue weighted by Gasteiger charge is 2.23. The zero-order valence-electron chi connectivity index (χ0n) is 17.2. The van der Waals surface area contributed by atoms with E-state index < -0.39 is 0 Å². The van der Waals surface area contributed by atoms with Gasteiger partial charge in [-0.1, -0.05) is 24.3 Å². The number of para-hydroxylation sites is 1. The first kappa shape index (κ1) is 19.2. The maximum Gasteiger partial charge on any atom is 0.261 e. The monoisotopic (exact) mass is 390 g/mol. The molecule has 1 saturated heterocycles. The predicted molar refractivity (Wildman–Crippen MR) is 115 cm³/mol. The van der Waals surface area contributed by atoms with Crippen LogP contribution in [-0.2, 0) is 11.3 Å². The van der Waals surface area contributed by atoms with Crippen LogP contribution in [-0.4, -0.2) is 46.5 Å². The zero-order chi connectivity index (χ0) is 20.5. The average Bonchev–Trinajstić information content (AvgIpc) is 2.73. The van der Waals surface area contributed by atoms with Gasteiger partial charge in [0.05, 0.1) is 17.2 Å². The minimum atomic E-state index is -0.166. The van der Waals surface area contributed by atoms with Crippen LogP contribution in [0.15, 0.2) is 47.5 Å². The molecule has 29 heavy (non-hydrogen) atoms. The molecule has 0 spiro atoms. The number of carbonyl (C=O) groups excluding carboxylic acids is 1. The van der Waals surface area contributed by atoms with E-state index in [1.807, 2.05) is 24.0 Å². The van der Waals surface area contributed by atoms with Crippen LogP contribution < -0.4 is 10.5 Å². The number of piperazine rings is 1. The van der Waals surface area contributed by atoms with Crippen molar-refractivity contribution in [2.45, 2.75) is 27.3 Å². The molecule has 0 atom stereocenters. The van der Waals surface area contributed by atoms with Crippen LogP contribution in [0.2, 0.25) is 0 Å². The third kappa shape index (κ3) is 3.62. The van der Waals surface area contributed by atoms with E-state index in [2.05, 4.69) is 41.9 Å². The summed E-state index contributed by atoms with van der Waals surface area (Å²) >= 11 is 0. The number of hydrogen-bond donors (Lipinski definition) is 0. The van der Waals surface area contributed by atoms with E-state index in [0.29, 0.717) is 24.0 Å². The second kappa shape index (κ2) is 7.70. The van der Waals surface area contributed by atoms with Gasteiger partial charge in [-0.15, -0.1) is 0 Å². The molecule has 0 radical (unpaired) electrons. The molecule has 1 fully saturated rings. The highest BCUT2D eigenvalue weighted by Crippen LogP contribution is 2.24. The van der Waals surface area contributed by atoms with Gasteiger partial charge in [-0.05, 0) is 49.6 Å². The summed E-state index contributed by atoms with van der Waals surface area (Å²) in [5.41, 5.74) is 5.29. The van der Waals surface area contributed by atoms with Gasteiger partial charge in [-0.25, -0.2) is 4.98 Å². The summed E-state index contributed by atoms with van der Waals surface area (Å²) in [6.07, 6.45) is 1.49. The first-order valence-corrected chi connectivity index (χ1v) is 9.99. The van der Waals surface area contributed by atoms with Gasteiger partial charge in [0.25, 0.3) is 5.56 Å². The normalized spacial score (nSPS) is 14.4. The topological polar surface area (TPSA) is 58.4 Å². The lowest BCUT2D eigenvalue weighted by Gasteiger charge is -2.37. The fraction of sp³-hybridized carbons (Fsp3) is 0.348. The van der Waals surface area contributed by atoms with Crippen molar-refractivity contribution in [1.29, 1.82) is 0 Å². The Morgan fingerprint density at radius 1 is 0.966 bits per heavy atom. The molecule has 2 heterocycles. The van der Waals surface area contributed by atoms with Crippen molar-refractivity contribution in [2.24, 2.45) is 0 Å². The lowest BCUT2D eigenvalue weighted by molar-refractivity contribution is -0.132. The molecule has 0 bridgehead atoms. The largest absolute Gasteiger partial charge is 0.368 e. The number of nitrogens with zero attached hydrogens (tertiary/aromatic N) is 4. The minimum absolute atomic E-state index is 0.0270. The van der Waals surface area contributed by atoms with Crippen molar-refractivity contribution >= 4 is 22.5 Å². The number of benzene rings is 2. The van der Waals surface area contributed by atoms with Crippen molar-refractivity contribution in [3.8, 4) is 0 Å². The fourth-order valence-corrected chi connectivity index (χ4v) is 3.97. The molecule has 150 valence electrons. The first-order valence-electron chi connectivity index (χ1n) is 9.99. The van der Waals surface area contributed by atoms with Gasteiger partial charge in [0, 0.05) is 31.9 Å². The minimum Gasteiger partial charge on any atom is -0.368 e. The summed E-state index contributed by atoms with van der Waals surface area (Å²) in [7, 11) is 0. The molecule has 4 rings (SSSR count). The number of aromatic nitrogens is 2. The third-order valence-electron chi connectivity index (χ3n) is 5.91. The van der Waals surface area contributed by atoms with Crippen LogP contribution in [0, 0.1) is 20.8 Å². The van der Waals surface area contributed by atoms with E-state index in [0.717, 1.165) is 18.7 Å². The molecule has 6 nitrogen and oxygen atoms in total. The molecule has 6 heteroatoms. The van der Waals surface area contributed by atoms with Gasteiger partial charge >= 0.3 is 0 Å². The molecular formula is C23H26N4O2. The van der Waals surface area contributed by atoms with Gasteiger partial charge in [0.1, 0.15) is 6.54 Å². The van der Waals surface area contributed by atoms with Crippen LogP contribution in [0.3, 0.4) is 0 Å². The summed E-state index contributed by atoms with van der Waals surface area (Å²) in [6, 6.07) is 11.9. The third-order valence-corrected chi connectivity index (χ3v) is 5.91. The summed E-state index contributed by atoms with van der Waals surface area (Å²) < 4.78 is 1.42. The van der Waals surface area contributed by atoms with Crippen LogP contribution in [0.25, 0.3) is 10.9 Å². The number of rotatable bonds is 3. The van der Waals surface area contributed by atoms with Gasteiger partial charge in [0.2, 0.25) is 5.91 Å². The molecule has 0 unspecified atom stereocenters. The molecular weight excluding hydrogens is 364 g/mol. The Hall–Kier alpha value is -3.15. The molecule has 2 aromatic carbocycles. The van der Waals surface area contributed by atoms with Gasteiger partial charge in [0.15, 0.2) is 0 Å². The quantitative estimate of drug-likeness (QED) is 0.690. The average molecular weight is 390 g/mol. The van der Waals surface area contributed by atoms with Crippen LogP contribution in [0.5, 0.6) is 0 Å². The van der Waals surface area contributed by atoms with Crippen molar-refractivity contribution in [3.63, 3.8) is 0 Å². The number of anilines is 1. The van der Waals surface area contributed by atoms with E-state index in [1.54, 1.807) is 6.07 Å². The van der Waals surface area contributed by atoms with E-state index in [1.165, 1.54) is 27.7 Å². The first-order chi connectivity index (χ1) is 14.0. The molecule has 3 aromatic rings. The standard InChI is InChI=1S/C23H26N4O2/c1-16-6-5-9-20(18(16)3)25-10-12-26(13-11-25)21(28)14-27-15-24-22-17(2)7-4-8-19(22)23(27)29/h4-9,15H,10-14H2,1-3H3. The Bertz CT molecular complexity index is 1130. The summed E-state index contributed by atoms with van der Waals surface area (Å²) in [4.78, 5) is 34.1. The highest BCUT2D eigenvalue weighted by molar-refractivity contribution is 5.81. The molecule has 1 aliphatic rings. The molecule has 0 aliphatic carbocycles. The van der Waals surface area contributed by atoms with Crippen molar-refractivity contribution in [3.05, 3.63) is 69.8 Å². The number of carbonyl (C=O) groups is 1. The Labute approximate surface area is 170 Å². The lowest BCUT2D eigenvalue weighted by atomic mass is 10.1. The van der Waals surface area contributed by atoms with Gasteiger partial charge in [-0.2, -0.15) is 0 Å².